The number of fused-ring (bicyclic) bond motifs is 1. The lowest BCUT2D eigenvalue weighted by atomic mass is 9.75. The Balaban J connectivity index is 1.59. The summed E-state index contributed by atoms with van der Waals surface area (Å²) in [5.41, 5.74) is 8.12. The highest BCUT2D eigenvalue weighted by molar-refractivity contribution is 6.04. The third-order valence-electron chi connectivity index (χ3n) is 6.60. The molecule has 0 radical (unpaired) electrons. The first-order valence-corrected chi connectivity index (χ1v) is 10.3. The van der Waals surface area contributed by atoms with Gasteiger partial charge in [-0.3, -0.25) is 4.79 Å². The minimum absolute atomic E-state index is 0.0172. The fourth-order valence-corrected chi connectivity index (χ4v) is 4.89. The van der Waals surface area contributed by atoms with Gasteiger partial charge in [0.25, 0.3) is 5.91 Å². The summed E-state index contributed by atoms with van der Waals surface area (Å²) in [4.78, 5) is 12.6. The molecule has 3 aromatic carbocycles. The maximum atomic E-state index is 12.6. The summed E-state index contributed by atoms with van der Waals surface area (Å²) < 4.78 is 0. The Morgan fingerprint density at radius 3 is 2.14 bits per heavy atom. The van der Waals surface area contributed by atoms with Gasteiger partial charge in [0.05, 0.1) is 0 Å². The van der Waals surface area contributed by atoms with Crippen molar-refractivity contribution >= 4 is 11.6 Å². The normalized spacial score (nSPS) is 19.6. The molecule has 0 heterocycles. The molecule has 0 aromatic heterocycles. The molecule has 29 heavy (non-hydrogen) atoms. The van der Waals surface area contributed by atoms with E-state index in [2.05, 4.69) is 69.4 Å². The minimum atomic E-state index is -0.0700. The summed E-state index contributed by atoms with van der Waals surface area (Å²) in [6.07, 6.45) is 1.08. The number of nitrogens with one attached hydrogen (secondary N) is 1. The van der Waals surface area contributed by atoms with Crippen molar-refractivity contribution in [2.75, 3.05) is 5.32 Å². The molecule has 148 valence electrons. The highest BCUT2D eigenvalue weighted by atomic mass is 16.1. The highest BCUT2D eigenvalue weighted by Gasteiger charge is 2.45. The first-order valence-electron chi connectivity index (χ1n) is 10.3. The molecule has 0 saturated carbocycles. The molecule has 1 atom stereocenters. The van der Waals surface area contributed by atoms with Crippen LogP contribution < -0.4 is 5.32 Å². The average Bonchev–Trinajstić information content (AvgIpc) is 2.91. The molecule has 1 unspecified atom stereocenters. The predicted octanol–water partition coefficient (Wildman–Crippen LogP) is 6.54. The van der Waals surface area contributed by atoms with E-state index in [1.165, 1.54) is 22.3 Å². The van der Waals surface area contributed by atoms with Gasteiger partial charge in [-0.15, -0.1) is 0 Å². The number of benzene rings is 3. The van der Waals surface area contributed by atoms with Crippen molar-refractivity contribution < 1.29 is 4.79 Å². The third kappa shape index (κ3) is 3.37. The lowest BCUT2D eigenvalue weighted by Gasteiger charge is -2.28. The lowest BCUT2D eigenvalue weighted by Crippen LogP contribution is -2.23. The van der Waals surface area contributed by atoms with Gasteiger partial charge in [0.15, 0.2) is 0 Å². The van der Waals surface area contributed by atoms with E-state index in [1.54, 1.807) is 0 Å². The molecule has 1 aliphatic carbocycles. The van der Waals surface area contributed by atoms with E-state index in [-0.39, 0.29) is 16.7 Å². The zero-order valence-corrected chi connectivity index (χ0v) is 18.0. The topological polar surface area (TPSA) is 29.1 Å². The van der Waals surface area contributed by atoms with Crippen molar-refractivity contribution in [3.05, 3.63) is 100 Å². The summed E-state index contributed by atoms with van der Waals surface area (Å²) in [6, 6.07) is 23.0. The number of hydrogen-bond donors (Lipinski definition) is 1. The van der Waals surface area contributed by atoms with Crippen LogP contribution in [-0.4, -0.2) is 5.91 Å². The van der Waals surface area contributed by atoms with Crippen molar-refractivity contribution in [1.82, 2.24) is 0 Å². The largest absolute Gasteiger partial charge is 0.322 e. The third-order valence-corrected chi connectivity index (χ3v) is 6.60. The molecular weight excluding hydrogens is 354 g/mol. The zero-order chi connectivity index (χ0) is 20.8. The van der Waals surface area contributed by atoms with Crippen LogP contribution in [-0.2, 0) is 10.8 Å². The van der Waals surface area contributed by atoms with Gasteiger partial charge in [0.1, 0.15) is 0 Å². The Morgan fingerprint density at radius 1 is 0.828 bits per heavy atom. The minimum Gasteiger partial charge on any atom is -0.322 e. The quantitative estimate of drug-likeness (QED) is 0.546. The summed E-state index contributed by atoms with van der Waals surface area (Å²) in [5, 5.41) is 3.03. The van der Waals surface area contributed by atoms with Crippen LogP contribution in [0.4, 0.5) is 5.69 Å². The first kappa shape index (κ1) is 19.4. The van der Waals surface area contributed by atoms with Crippen molar-refractivity contribution in [1.29, 1.82) is 0 Å². The number of hydrogen-bond acceptors (Lipinski definition) is 1. The van der Waals surface area contributed by atoms with Gasteiger partial charge in [-0.2, -0.15) is 0 Å². The smallest absolute Gasteiger partial charge is 0.255 e. The molecular formula is C27H29NO. The molecule has 1 amide bonds. The molecule has 1 N–H and O–H groups in total. The van der Waals surface area contributed by atoms with E-state index in [0.717, 1.165) is 17.7 Å². The van der Waals surface area contributed by atoms with Gasteiger partial charge in [-0.05, 0) is 77.8 Å². The Kier molecular flexibility index (Phi) is 4.61. The second-order valence-corrected chi connectivity index (χ2v) is 9.27. The van der Waals surface area contributed by atoms with Crippen molar-refractivity contribution in [2.24, 2.45) is 0 Å². The lowest BCUT2D eigenvalue weighted by molar-refractivity contribution is 0.102. The van der Waals surface area contributed by atoms with E-state index >= 15 is 0 Å². The Labute approximate surface area is 174 Å². The molecule has 2 heteroatoms. The SMILES string of the molecule is Cc1ccc(C(=O)Nc2ccc(C3(C)CC(C)(C)c4ccccc43)cc2)cc1C. The predicted molar refractivity (Wildman–Crippen MR) is 121 cm³/mol. The van der Waals surface area contributed by atoms with E-state index in [4.69, 9.17) is 0 Å². The fraction of sp³-hybridized carbons (Fsp3) is 0.296. The van der Waals surface area contributed by atoms with E-state index in [9.17, 15) is 4.79 Å². The van der Waals surface area contributed by atoms with Gasteiger partial charge in [-0.25, -0.2) is 0 Å². The molecule has 0 aliphatic heterocycles. The second kappa shape index (κ2) is 6.88. The van der Waals surface area contributed by atoms with E-state index in [0.29, 0.717) is 5.56 Å². The van der Waals surface area contributed by atoms with Gasteiger partial charge in [0.2, 0.25) is 0 Å². The van der Waals surface area contributed by atoms with Crippen LogP contribution in [0.1, 0.15) is 65.4 Å². The maximum Gasteiger partial charge on any atom is 0.255 e. The van der Waals surface area contributed by atoms with Crippen LogP contribution in [0.5, 0.6) is 0 Å². The van der Waals surface area contributed by atoms with Crippen LogP contribution in [0.15, 0.2) is 66.7 Å². The van der Waals surface area contributed by atoms with Crippen molar-refractivity contribution in [3.63, 3.8) is 0 Å². The number of anilines is 1. The monoisotopic (exact) mass is 383 g/mol. The summed E-state index contributed by atoms with van der Waals surface area (Å²) in [5.74, 6) is -0.0700. The number of aryl methyl sites for hydroxylation is 2. The zero-order valence-electron chi connectivity index (χ0n) is 18.0. The van der Waals surface area contributed by atoms with Gasteiger partial charge >= 0.3 is 0 Å². The molecule has 3 aromatic rings. The number of carbonyl (C=O) groups excluding carboxylic acids is 1. The molecule has 2 nitrogen and oxygen atoms in total. The van der Waals surface area contributed by atoms with Gasteiger partial charge in [-0.1, -0.05) is 63.2 Å². The standard InChI is InChI=1S/C27H29NO/c1-18-10-11-20(16-19(18)2)25(29)28-22-14-12-21(13-15-22)27(5)17-26(3,4)23-8-6-7-9-24(23)27/h6-16H,17H2,1-5H3,(H,28,29). The highest BCUT2D eigenvalue weighted by Crippen LogP contribution is 2.52. The average molecular weight is 384 g/mol. The van der Waals surface area contributed by atoms with Crippen LogP contribution >= 0.6 is 0 Å². The fourth-order valence-electron chi connectivity index (χ4n) is 4.89. The number of rotatable bonds is 3. The van der Waals surface area contributed by atoms with E-state index < -0.39 is 0 Å². The molecule has 1 aliphatic rings. The number of amides is 1. The number of carbonyl (C=O) groups is 1. The van der Waals surface area contributed by atoms with Crippen LogP contribution in [0, 0.1) is 13.8 Å². The van der Waals surface area contributed by atoms with E-state index in [1.807, 2.05) is 37.3 Å². The Hall–Kier alpha value is -2.87. The summed E-state index contributed by atoms with van der Waals surface area (Å²) in [6.45, 7) is 11.1. The first-order chi connectivity index (χ1) is 13.7. The van der Waals surface area contributed by atoms with Crippen molar-refractivity contribution in [2.45, 2.75) is 51.9 Å². The van der Waals surface area contributed by atoms with Crippen LogP contribution in [0.3, 0.4) is 0 Å². The van der Waals surface area contributed by atoms with Crippen LogP contribution in [0.2, 0.25) is 0 Å². The second-order valence-electron chi connectivity index (χ2n) is 9.27. The maximum absolute atomic E-state index is 12.6. The molecule has 0 saturated heterocycles. The molecule has 0 spiro atoms. The molecule has 4 rings (SSSR count). The van der Waals surface area contributed by atoms with Gasteiger partial charge < -0.3 is 5.32 Å². The van der Waals surface area contributed by atoms with Crippen LogP contribution in [0.25, 0.3) is 0 Å². The molecule has 0 bridgehead atoms. The van der Waals surface area contributed by atoms with Gasteiger partial charge in [0, 0.05) is 16.7 Å². The summed E-state index contributed by atoms with van der Waals surface area (Å²) >= 11 is 0. The summed E-state index contributed by atoms with van der Waals surface area (Å²) in [7, 11) is 0. The Morgan fingerprint density at radius 2 is 1.48 bits per heavy atom. The molecule has 0 fully saturated rings. The van der Waals surface area contributed by atoms with Crippen molar-refractivity contribution in [3.8, 4) is 0 Å². The Bertz CT molecular complexity index is 1080.